The van der Waals surface area contributed by atoms with Crippen LogP contribution < -0.4 is 0 Å². The van der Waals surface area contributed by atoms with Crippen molar-refractivity contribution in [2.75, 3.05) is 0 Å². The number of Topliss-reactive ketones (excluding diaryl/α,β-unsaturated/α-hetero) is 1. The minimum Gasteiger partial charge on any atom is -0.336 e. The summed E-state index contributed by atoms with van der Waals surface area (Å²) in [4.78, 5) is 17.6. The van der Waals surface area contributed by atoms with Crippen LogP contribution in [-0.2, 0) is 11.2 Å². The minimum absolute atomic E-state index is 0.236. The number of rotatable bonds is 2. The van der Waals surface area contributed by atoms with Crippen molar-refractivity contribution in [1.29, 1.82) is 0 Å². The molecule has 3 heteroatoms. The molecule has 1 saturated carbocycles. The van der Waals surface area contributed by atoms with E-state index in [4.69, 9.17) is 0 Å². The lowest BCUT2D eigenvalue weighted by Crippen LogP contribution is -2.33. The topological polar surface area (TPSA) is 34.9 Å². The van der Waals surface area contributed by atoms with E-state index >= 15 is 0 Å². The van der Waals surface area contributed by atoms with Gasteiger partial charge in [-0.25, -0.2) is 0 Å². The van der Waals surface area contributed by atoms with Crippen molar-refractivity contribution in [3.05, 3.63) is 60.1 Å². The van der Waals surface area contributed by atoms with Crippen molar-refractivity contribution >= 4 is 22.3 Å². The highest BCUT2D eigenvalue weighted by Gasteiger charge is 2.39. The van der Waals surface area contributed by atoms with Crippen LogP contribution in [0.1, 0.15) is 62.2 Å². The Labute approximate surface area is 172 Å². The first-order valence-electron chi connectivity index (χ1n) is 11.4. The van der Waals surface area contributed by atoms with Gasteiger partial charge >= 0.3 is 0 Å². The molecular formula is C26H28N2O. The second kappa shape index (κ2) is 6.83. The maximum atomic E-state index is 13.2. The molecule has 1 fully saturated rings. The summed E-state index contributed by atoms with van der Waals surface area (Å²) in [6.07, 6.45) is 24.0. The molecule has 6 rings (SSSR count). The number of carbonyl (C=O) groups is 1. The summed E-state index contributed by atoms with van der Waals surface area (Å²) in [5, 5.41) is 1.33. The Morgan fingerprint density at radius 3 is 2.97 bits per heavy atom. The van der Waals surface area contributed by atoms with E-state index in [1.165, 1.54) is 27.7 Å². The van der Waals surface area contributed by atoms with E-state index in [1.54, 1.807) is 0 Å². The number of allylic oxidation sites excluding steroid dienone is 6. The maximum absolute atomic E-state index is 13.2. The predicted molar refractivity (Wildman–Crippen MR) is 117 cm³/mol. The Morgan fingerprint density at radius 1 is 1.10 bits per heavy atom. The van der Waals surface area contributed by atoms with E-state index in [1.807, 2.05) is 6.20 Å². The number of nitrogens with zero attached hydrogens (tertiary/aromatic N) is 2. The van der Waals surface area contributed by atoms with Gasteiger partial charge in [0.25, 0.3) is 0 Å². The highest BCUT2D eigenvalue weighted by molar-refractivity contribution is 5.93. The van der Waals surface area contributed by atoms with E-state index in [2.05, 4.69) is 52.2 Å². The highest BCUT2D eigenvalue weighted by Crippen LogP contribution is 2.48. The molecule has 0 saturated heterocycles. The fraction of sp³-hybridized carbons (Fsp3) is 0.462. The van der Waals surface area contributed by atoms with Crippen molar-refractivity contribution in [2.24, 2.45) is 17.8 Å². The van der Waals surface area contributed by atoms with E-state index < -0.39 is 0 Å². The molecule has 0 radical (unpaired) electrons. The summed E-state index contributed by atoms with van der Waals surface area (Å²) >= 11 is 0. The number of ketones is 1. The quantitative estimate of drug-likeness (QED) is 0.612. The zero-order chi connectivity index (χ0) is 19.4. The largest absolute Gasteiger partial charge is 0.336 e. The number of pyridine rings is 1. The second-order valence-electron chi connectivity index (χ2n) is 9.27. The molecule has 3 nitrogen and oxygen atoms in total. The van der Waals surface area contributed by atoms with Crippen molar-refractivity contribution in [1.82, 2.24) is 9.55 Å². The molecule has 148 valence electrons. The molecule has 4 aliphatic rings. The van der Waals surface area contributed by atoms with Crippen LogP contribution >= 0.6 is 0 Å². The summed E-state index contributed by atoms with van der Waals surface area (Å²) in [5.74, 6) is 1.47. The van der Waals surface area contributed by atoms with Crippen LogP contribution in [-0.4, -0.2) is 15.3 Å². The van der Waals surface area contributed by atoms with Gasteiger partial charge in [-0.15, -0.1) is 0 Å². The molecule has 0 N–H and O–H groups in total. The van der Waals surface area contributed by atoms with Gasteiger partial charge in [0.15, 0.2) is 0 Å². The summed E-state index contributed by atoms with van der Waals surface area (Å²) in [6.45, 7) is 0. The Kier molecular flexibility index (Phi) is 4.11. The summed E-state index contributed by atoms with van der Waals surface area (Å²) in [6, 6.07) is 2.65. The standard InChI is InChI=1S/C26H28N2O/c29-26(18-5-2-1-3-6-18)20-11-12-23-19(15-20)10-9-17-7-4-8-21-22-16-27-14-13-24(22)28(23)25(17)21/h1-2,7,9-10,13-14,16,18-20,23H,3-6,8,11-12,15H2. The fourth-order valence-corrected chi connectivity index (χ4v) is 6.34. The van der Waals surface area contributed by atoms with Crippen LogP contribution in [0.15, 0.2) is 48.8 Å². The Hall–Kier alpha value is -2.42. The van der Waals surface area contributed by atoms with Crippen LogP contribution in [0, 0.1) is 17.8 Å². The summed E-state index contributed by atoms with van der Waals surface area (Å²) < 4.78 is 2.62. The second-order valence-corrected chi connectivity index (χ2v) is 9.27. The molecule has 0 spiro atoms. The van der Waals surface area contributed by atoms with Gasteiger partial charge in [0.1, 0.15) is 5.78 Å². The summed E-state index contributed by atoms with van der Waals surface area (Å²) in [7, 11) is 0. The van der Waals surface area contributed by atoms with Gasteiger partial charge in [-0.2, -0.15) is 0 Å². The third kappa shape index (κ3) is 2.70. The van der Waals surface area contributed by atoms with Gasteiger partial charge in [0.2, 0.25) is 0 Å². The number of fused-ring (bicyclic) bond motifs is 5. The smallest absolute Gasteiger partial charge is 0.139 e. The monoisotopic (exact) mass is 384 g/mol. The predicted octanol–water partition coefficient (Wildman–Crippen LogP) is 5.82. The normalized spacial score (nSPS) is 30.4. The molecule has 0 bridgehead atoms. The Balaban J connectivity index is 1.38. The van der Waals surface area contributed by atoms with E-state index in [-0.39, 0.29) is 11.8 Å². The lowest BCUT2D eigenvalue weighted by molar-refractivity contribution is -0.128. The SMILES string of the molecule is O=C(C1CC=CCC1)C1CCC2C(C=CC3=CCCc4c3n2c2ccncc42)C1. The lowest BCUT2D eigenvalue weighted by atomic mass is 9.72. The molecule has 0 aromatic carbocycles. The number of aromatic nitrogens is 2. The van der Waals surface area contributed by atoms with Crippen molar-refractivity contribution in [3.8, 4) is 0 Å². The third-order valence-corrected chi connectivity index (χ3v) is 7.73. The molecule has 2 aromatic heterocycles. The van der Waals surface area contributed by atoms with Gasteiger partial charge in [-0.3, -0.25) is 9.78 Å². The Morgan fingerprint density at radius 2 is 2.07 bits per heavy atom. The average molecular weight is 385 g/mol. The van der Waals surface area contributed by atoms with Gasteiger partial charge in [-0.1, -0.05) is 30.4 Å². The van der Waals surface area contributed by atoms with Gasteiger partial charge in [-0.05, 0) is 74.5 Å². The van der Waals surface area contributed by atoms with Crippen molar-refractivity contribution in [2.45, 2.75) is 57.4 Å². The van der Waals surface area contributed by atoms with Crippen LogP contribution in [0.3, 0.4) is 0 Å². The lowest BCUT2D eigenvalue weighted by Gasteiger charge is -2.37. The molecule has 4 atom stereocenters. The molecule has 4 unspecified atom stereocenters. The molecule has 29 heavy (non-hydrogen) atoms. The number of carbonyl (C=O) groups excluding carboxylic acids is 1. The minimum atomic E-state index is 0.236. The van der Waals surface area contributed by atoms with Crippen LogP contribution in [0.4, 0.5) is 0 Å². The molecule has 3 aliphatic carbocycles. The fourth-order valence-electron chi connectivity index (χ4n) is 6.34. The van der Waals surface area contributed by atoms with E-state index in [0.29, 0.717) is 17.7 Å². The highest BCUT2D eigenvalue weighted by atomic mass is 16.1. The first-order chi connectivity index (χ1) is 14.3. The van der Waals surface area contributed by atoms with E-state index in [0.717, 1.165) is 51.4 Å². The zero-order valence-electron chi connectivity index (χ0n) is 16.9. The average Bonchev–Trinajstić information content (AvgIpc) is 3.02. The first-order valence-corrected chi connectivity index (χ1v) is 11.4. The molecular weight excluding hydrogens is 356 g/mol. The van der Waals surface area contributed by atoms with Crippen molar-refractivity contribution in [3.63, 3.8) is 0 Å². The zero-order valence-corrected chi connectivity index (χ0v) is 16.9. The molecule has 3 heterocycles. The molecule has 0 amide bonds. The summed E-state index contributed by atoms with van der Waals surface area (Å²) in [5.41, 5.74) is 5.60. The number of hydrogen-bond acceptors (Lipinski definition) is 2. The maximum Gasteiger partial charge on any atom is 0.139 e. The number of hydrogen-bond donors (Lipinski definition) is 0. The Bertz CT molecular complexity index is 1070. The van der Waals surface area contributed by atoms with Gasteiger partial charge in [0.05, 0.1) is 11.2 Å². The third-order valence-electron chi connectivity index (χ3n) is 7.73. The van der Waals surface area contributed by atoms with Gasteiger partial charge < -0.3 is 4.57 Å². The van der Waals surface area contributed by atoms with Crippen molar-refractivity contribution < 1.29 is 4.79 Å². The first kappa shape index (κ1) is 17.4. The van der Waals surface area contributed by atoms with Crippen LogP contribution in [0.5, 0.6) is 0 Å². The van der Waals surface area contributed by atoms with Crippen LogP contribution in [0.25, 0.3) is 16.5 Å². The van der Waals surface area contributed by atoms with Crippen LogP contribution in [0.2, 0.25) is 0 Å². The molecule has 1 aliphatic heterocycles. The molecule has 2 aromatic rings. The van der Waals surface area contributed by atoms with E-state index in [9.17, 15) is 4.79 Å². The number of aryl methyl sites for hydroxylation is 1. The van der Waals surface area contributed by atoms with Gasteiger partial charge in [0, 0.05) is 35.7 Å².